The zero-order valence-corrected chi connectivity index (χ0v) is 17.3. The number of benzene rings is 1. The maximum absolute atomic E-state index is 12.9. The Hall–Kier alpha value is -2.38. The third-order valence-corrected chi connectivity index (χ3v) is 6.18. The average molecular weight is 399 g/mol. The van der Waals surface area contributed by atoms with Gasteiger partial charge in [-0.1, -0.05) is 31.2 Å². The highest BCUT2D eigenvalue weighted by molar-refractivity contribution is 5.81. The van der Waals surface area contributed by atoms with E-state index in [1.165, 1.54) is 5.56 Å². The number of carbonyl (C=O) groups excluding carboxylic acids is 1. The van der Waals surface area contributed by atoms with E-state index in [1.807, 2.05) is 25.1 Å². The lowest BCUT2D eigenvalue weighted by atomic mass is 9.99. The van der Waals surface area contributed by atoms with Crippen molar-refractivity contribution in [2.75, 3.05) is 20.8 Å². The zero-order valence-electron chi connectivity index (χ0n) is 17.3. The van der Waals surface area contributed by atoms with E-state index in [0.717, 1.165) is 24.2 Å². The summed E-state index contributed by atoms with van der Waals surface area (Å²) in [5.74, 6) is 0.978. The minimum absolute atomic E-state index is 0.0337. The molecule has 5 atom stereocenters. The summed E-state index contributed by atoms with van der Waals surface area (Å²) in [7, 11) is 3.60. The number of aliphatic imine (C=N–C) groups is 1. The molecule has 156 valence electrons. The standard InChI is InChI=1S/C22H30N4O3/c1-14-10-16(12-19(14)27)29-26-13-23-9-8-20(26)24-21-17-7-5-4-6-15(17)11-18(21)22(28)25(2)3/h4-9,14,16,18-19,21,24,27H,10-13H2,1-3H3/t14-,16+,18-,19-,21+/m1/s1. The van der Waals surface area contributed by atoms with Crippen molar-refractivity contribution in [2.45, 2.75) is 44.4 Å². The summed E-state index contributed by atoms with van der Waals surface area (Å²) in [6.07, 6.45) is 5.46. The molecule has 0 bridgehead atoms. The number of aliphatic hydroxyl groups is 1. The summed E-state index contributed by atoms with van der Waals surface area (Å²) in [5.41, 5.74) is 2.36. The molecule has 4 rings (SSSR count). The van der Waals surface area contributed by atoms with Crippen LogP contribution in [0.25, 0.3) is 0 Å². The molecule has 1 aliphatic heterocycles. The van der Waals surface area contributed by atoms with Gasteiger partial charge in [0.1, 0.15) is 12.5 Å². The predicted molar refractivity (Wildman–Crippen MR) is 111 cm³/mol. The first-order chi connectivity index (χ1) is 13.9. The second-order valence-electron chi connectivity index (χ2n) is 8.51. The van der Waals surface area contributed by atoms with Crippen LogP contribution in [0.2, 0.25) is 0 Å². The number of rotatable bonds is 5. The SMILES string of the molecule is C[C@@H]1C[C@H](ON2CN=CC=C2N[C@H]2c3ccccc3C[C@H]2C(=O)N(C)C)C[C@H]1O. The van der Waals surface area contributed by atoms with Crippen LogP contribution in [0, 0.1) is 11.8 Å². The molecule has 1 aromatic rings. The Morgan fingerprint density at radius 1 is 1.31 bits per heavy atom. The molecule has 0 aromatic heterocycles. The van der Waals surface area contributed by atoms with Crippen molar-refractivity contribution in [1.29, 1.82) is 0 Å². The van der Waals surface area contributed by atoms with Gasteiger partial charge in [0, 0.05) is 26.7 Å². The molecule has 0 saturated heterocycles. The van der Waals surface area contributed by atoms with Crippen molar-refractivity contribution >= 4 is 12.1 Å². The molecule has 7 nitrogen and oxygen atoms in total. The van der Waals surface area contributed by atoms with E-state index in [4.69, 9.17) is 4.84 Å². The Labute approximate surface area is 172 Å². The van der Waals surface area contributed by atoms with Crippen LogP contribution in [-0.4, -0.2) is 60.2 Å². The molecule has 1 heterocycles. The maximum atomic E-state index is 12.9. The van der Waals surface area contributed by atoms with Gasteiger partial charge in [-0.2, -0.15) is 0 Å². The van der Waals surface area contributed by atoms with Gasteiger partial charge in [0.05, 0.1) is 24.2 Å². The third-order valence-electron chi connectivity index (χ3n) is 6.18. The van der Waals surface area contributed by atoms with Gasteiger partial charge in [0.2, 0.25) is 5.91 Å². The van der Waals surface area contributed by atoms with Crippen LogP contribution in [0.5, 0.6) is 0 Å². The van der Waals surface area contributed by atoms with Gasteiger partial charge in [-0.15, -0.1) is 0 Å². The van der Waals surface area contributed by atoms with E-state index in [1.54, 1.807) is 30.3 Å². The van der Waals surface area contributed by atoms with Gasteiger partial charge in [0.25, 0.3) is 0 Å². The number of hydrogen-bond acceptors (Lipinski definition) is 6. The number of carbonyl (C=O) groups is 1. The fraction of sp³-hybridized carbons (Fsp3) is 0.545. The topological polar surface area (TPSA) is 77.4 Å². The van der Waals surface area contributed by atoms with E-state index < -0.39 is 0 Å². The molecule has 2 N–H and O–H groups in total. The largest absolute Gasteiger partial charge is 0.393 e. The van der Waals surface area contributed by atoms with E-state index in [2.05, 4.69) is 22.4 Å². The summed E-state index contributed by atoms with van der Waals surface area (Å²) in [6.45, 7) is 2.44. The molecule has 29 heavy (non-hydrogen) atoms. The minimum atomic E-state index is -0.322. The van der Waals surface area contributed by atoms with Crippen LogP contribution in [0.4, 0.5) is 0 Å². The maximum Gasteiger partial charge on any atom is 0.227 e. The van der Waals surface area contributed by atoms with Crippen LogP contribution in [0.1, 0.15) is 36.9 Å². The number of fused-ring (bicyclic) bond motifs is 1. The van der Waals surface area contributed by atoms with E-state index in [-0.39, 0.29) is 36.0 Å². The summed E-state index contributed by atoms with van der Waals surface area (Å²) in [4.78, 5) is 25.0. The molecule has 3 aliphatic rings. The number of amides is 1. The Balaban J connectivity index is 1.53. The van der Waals surface area contributed by atoms with Crippen LogP contribution < -0.4 is 5.32 Å². The smallest absolute Gasteiger partial charge is 0.227 e. The van der Waals surface area contributed by atoms with Gasteiger partial charge < -0.3 is 15.3 Å². The van der Waals surface area contributed by atoms with Crippen LogP contribution in [0.15, 0.2) is 41.2 Å². The van der Waals surface area contributed by atoms with Crippen LogP contribution in [0.3, 0.4) is 0 Å². The Morgan fingerprint density at radius 2 is 2.10 bits per heavy atom. The lowest BCUT2D eigenvalue weighted by Crippen LogP contribution is -2.42. The van der Waals surface area contributed by atoms with Gasteiger partial charge in [0.15, 0.2) is 0 Å². The molecular weight excluding hydrogens is 368 g/mol. The minimum Gasteiger partial charge on any atom is -0.393 e. The lowest BCUT2D eigenvalue weighted by Gasteiger charge is -2.33. The lowest BCUT2D eigenvalue weighted by molar-refractivity contribution is -0.177. The number of nitrogens with one attached hydrogen (secondary N) is 1. The van der Waals surface area contributed by atoms with E-state index in [9.17, 15) is 9.90 Å². The average Bonchev–Trinajstić information content (AvgIpc) is 3.22. The van der Waals surface area contributed by atoms with E-state index in [0.29, 0.717) is 13.1 Å². The van der Waals surface area contributed by atoms with Crippen LogP contribution in [-0.2, 0) is 16.1 Å². The third kappa shape index (κ3) is 4.02. The molecule has 1 fully saturated rings. The summed E-state index contributed by atoms with van der Waals surface area (Å²) < 4.78 is 0. The fourth-order valence-corrected chi connectivity index (χ4v) is 4.54. The summed E-state index contributed by atoms with van der Waals surface area (Å²) in [6, 6.07) is 8.10. The first kappa shape index (κ1) is 19.9. The Morgan fingerprint density at radius 3 is 2.83 bits per heavy atom. The van der Waals surface area contributed by atoms with Crippen molar-refractivity contribution in [3.8, 4) is 0 Å². The monoisotopic (exact) mass is 398 g/mol. The highest BCUT2D eigenvalue weighted by atomic mass is 16.7. The van der Waals surface area contributed by atoms with Gasteiger partial charge in [-0.3, -0.25) is 14.6 Å². The van der Waals surface area contributed by atoms with Crippen molar-refractivity contribution in [1.82, 2.24) is 15.3 Å². The predicted octanol–water partition coefficient (Wildman–Crippen LogP) is 1.85. The van der Waals surface area contributed by atoms with Crippen molar-refractivity contribution in [2.24, 2.45) is 16.8 Å². The summed E-state index contributed by atoms with van der Waals surface area (Å²) >= 11 is 0. The second kappa shape index (κ2) is 8.16. The molecular formula is C22H30N4O3. The first-order valence-electron chi connectivity index (χ1n) is 10.3. The molecule has 0 spiro atoms. The highest BCUT2D eigenvalue weighted by Gasteiger charge is 2.39. The van der Waals surface area contributed by atoms with Gasteiger partial charge in [-0.25, -0.2) is 5.06 Å². The molecule has 1 saturated carbocycles. The summed E-state index contributed by atoms with van der Waals surface area (Å²) in [5, 5.41) is 15.4. The van der Waals surface area contributed by atoms with Crippen LogP contribution >= 0.6 is 0 Å². The Kier molecular flexibility index (Phi) is 5.61. The number of hydrogen-bond donors (Lipinski definition) is 2. The number of aliphatic hydroxyl groups excluding tert-OH is 1. The van der Waals surface area contributed by atoms with Crippen molar-refractivity contribution in [3.63, 3.8) is 0 Å². The quantitative estimate of drug-likeness (QED) is 0.792. The Bertz CT molecular complexity index is 812. The normalized spacial score (nSPS) is 30.8. The number of hydroxylamine groups is 2. The molecule has 1 aromatic carbocycles. The highest BCUT2D eigenvalue weighted by Crippen LogP contribution is 2.38. The van der Waals surface area contributed by atoms with Crippen molar-refractivity contribution < 1.29 is 14.7 Å². The molecule has 0 radical (unpaired) electrons. The molecule has 0 unspecified atom stereocenters. The zero-order chi connectivity index (χ0) is 20.5. The van der Waals surface area contributed by atoms with E-state index >= 15 is 0 Å². The van der Waals surface area contributed by atoms with Crippen molar-refractivity contribution in [3.05, 3.63) is 47.3 Å². The molecule has 7 heteroatoms. The second-order valence-corrected chi connectivity index (χ2v) is 8.51. The van der Waals surface area contributed by atoms with Gasteiger partial charge in [-0.05, 0) is 36.0 Å². The molecule has 1 amide bonds. The molecule has 2 aliphatic carbocycles. The fourth-order valence-electron chi connectivity index (χ4n) is 4.54. The number of allylic oxidation sites excluding steroid dienone is 1. The number of nitrogens with zero attached hydrogens (tertiary/aromatic N) is 3. The van der Waals surface area contributed by atoms with Gasteiger partial charge >= 0.3 is 0 Å². The first-order valence-corrected chi connectivity index (χ1v) is 10.3.